The Morgan fingerprint density at radius 2 is 1.64 bits per heavy atom. The Balaban J connectivity index is 1.40. The number of hydrogen-bond acceptors (Lipinski definition) is 7. The third-order valence-corrected chi connectivity index (χ3v) is 6.09. The van der Waals surface area contributed by atoms with E-state index in [1.165, 1.54) is 0 Å². The summed E-state index contributed by atoms with van der Waals surface area (Å²) in [5.74, 6) is 3.66. The van der Waals surface area contributed by atoms with E-state index < -0.39 is 0 Å². The van der Waals surface area contributed by atoms with Gasteiger partial charge in [0.2, 0.25) is 6.79 Å². The second kappa shape index (κ2) is 9.14. The number of rotatable bonds is 7. The lowest BCUT2D eigenvalue weighted by Gasteiger charge is -2.11. The lowest BCUT2D eigenvalue weighted by atomic mass is 10.1. The topological polar surface area (TPSA) is 79.1 Å². The minimum Gasteiger partial charge on any atom is -0.493 e. The fourth-order valence-electron chi connectivity index (χ4n) is 4.24. The third-order valence-electron chi connectivity index (χ3n) is 6.09. The molecule has 8 nitrogen and oxygen atoms in total. The molecular weight excluding hydrogens is 456 g/mol. The Labute approximate surface area is 208 Å². The molecule has 1 aliphatic heterocycles. The molecule has 0 aliphatic carbocycles. The predicted molar refractivity (Wildman–Crippen MR) is 137 cm³/mol. The van der Waals surface area contributed by atoms with Crippen LogP contribution in [0.25, 0.3) is 28.2 Å². The molecule has 180 valence electrons. The van der Waals surface area contributed by atoms with Crippen LogP contribution in [0, 0.1) is 0 Å². The number of nitrogens with one attached hydrogen (secondary N) is 1. The van der Waals surface area contributed by atoms with Crippen LogP contribution < -0.4 is 24.3 Å². The van der Waals surface area contributed by atoms with E-state index in [1.807, 2.05) is 83.4 Å². The number of aromatic nitrogens is 3. The Bertz CT molecular complexity index is 1550. The Kier molecular flexibility index (Phi) is 5.53. The molecule has 3 heterocycles. The molecule has 2 aromatic heterocycles. The van der Waals surface area contributed by atoms with Gasteiger partial charge in [-0.2, -0.15) is 9.61 Å². The van der Waals surface area contributed by atoms with Crippen molar-refractivity contribution in [2.24, 2.45) is 0 Å². The molecule has 5 aromatic rings. The molecular formula is C28H24N4O4. The van der Waals surface area contributed by atoms with E-state index in [4.69, 9.17) is 29.0 Å². The molecule has 0 fully saturated rings. The molecule has 0 atom stereocenters. The zero-order valence-corrected chi connectivity index (χ0v) is 19.9. The molecule has 6 rings (SSSR count). The molecule has 1 N–H and O–H groups in total. The lowest BCUT2D eigenvalue weighted by molar-refractivity contribution is 0.174. The minimum absolute atomic E-state index is 0.254. The predicted octanol–water partition coefficient (Wildman–Crippen LogP) is 5.42. The molecule has 0 saturated heterocycles. The summed E-state index contributed by atoms with van der Waals surface area (Å²) in [4.78, 5) is 4.90. The number of nitrogens with zero attached hydrogens (tertiary/aromatic N) is 3. The van der Waals surface area contributed by atoms with Crippen LogP contribution in [0.2, 0.25) is 0 Å². The molecule has 8 heteroatoms. The Morgan fingerprint density at radius 1 is 0.806 bits per heavy atom. The maximum Gasteiger partial charge on any atom is 0.231 e. The van der Waals surface area contributed by atoms with Gasteiger partial charge in [-0.25, -0.2) is 4.98 Å². The quantitative estimate of drug-likeness (QED) is 0.333. The summed E-state index contributed by atoms with van der Waals surface area (Å²) in [7, 11) is 3.24. The number of fused-ring (bicyclic) bond motifs is 2. The maximum absolute atomic E-state index is 5.53. The number of benzene rings is 3. The molecule has 0 bridgehead atoms. The van der Waals surface area contributed by atoms with Crippen molar-refractivity contribution >= 4 is 11.5 Å². The molecule has 0 radical (unpaired) electrons. The first-order valence-electron chi connectivity index (χ1n) is 11.5. The highest BCUT2D eigenvalue weighted by molar-refractivity contribution is 5.72. The van der Waals surface area contributed by atoms with Crippen molar-refractivity contribution in [3.05, 3.63) is 84.4 Å². The smallest absolute Gasteiger partial charge is 0.231 e. The molecule has 1 aliphatic rings. The highest BCUT2D eigenvalue weighted by Crippen LogP contribution is 2.34. The van der Waals surface area contributed by atoms with Gasteiger partial charge in [0.25, 0.3) is 0 Å². The zero-order chi connectivity index (χ0) is 24.5. The highest BCUT2D eigenvalue weighted by Gasteiger charge is 2.16. The number of hydrogen-bond donors (Lipinski definition) is 1. The molecule has 0 saturated carbocycles. The number of anilines is 1. The standard InChI is InChI=1S/C28H24N4O4/c1-33-23-11-9-20(13-25(23)34-2)22-15-28-30-21(19-6-4-3-5-7-19)14-27(32(28)31-22)29-16-18-8-10-24-26(12-18)36-17-35-24/h3-15,29H,16-17H2,1-2H3. The summed E-state index contributed by atoms with van der Waals surface area (Å²) in [6.45, 7) is 0.833. The van der Waals surface area contributed by atoms with Crippen molar-refractivity contribution in [2.45, 2.75) is 6.54 Å². The fourth-order valence-corrected chi connectivity index (χ4v) is 4.24. The average Bonchev–Trinajstić information content (AvgIpc) is 3.58. The van der Waals surface area contributed by atoms with Crippen LogP contribution in [0.15, 0.2) is 78.9 Å². The molecule has 3 aromatic carbocycles. The van der Waals surface area contributed by atoms with Gasteiger partial charge in [0.05, 0.1) is 25.6 Å². The third kappa shape index (κ3) is 4.02. The van der Waals surface area contributed by atoms with E-state index in [0.717, 1.165) is 51.0 Å². The van der Waals surface area contributed by atoms with Crippen LogP contribution in [-0.2, 0) is 6.54 Å². The average molecular weight is 481 g/mol. The van der Waals surface area contributed by atoms with E-state index in [1.54, 1.807) is 14.2 Å². The van der Waals surface area contributed by atoms with Gasteiger partial charge in [0.1, 0.15) is 5.82 Å². The second-order valence-electron chi connectivity index (χ2n) is 8.30. The van der Waals surface area contributed by atoms with Crippen LogP contribution in [0.1, 0.15) is 5.56 Å². The van der Waals surface area contributed by atoms with Gasteiger partial charge in [-0.05, 0) is 35.9 Å². The van der Waals surface area contributed by atoms with Crippen LogP contribution in [-0.4, -0.2) is 35.6 Å². The second-order valence-corrected chi connectivity index (χ2v) is 8.30. The van der Waals surface area contributed by atoms with Crippen molar-refractivity contribution in [3.63, 3.8) is 0 Å². The van der Waals surface area contributed by atoms with Gasteiger partial charge in [-0.1, -0.05) is 36.4 Å². The van der Waals surface area contributed by atoms with Crippen LogP contribution in [0.5, 0.6) is 23.0 Å². The SMILES string of the molecule is COc1ccc(-c2cc3nc(-c4ccccc4)cc(NCc4ccc5c(c4)OCO5)n3n2)cc1OC. The van der Waals surface area contributed by atoms with E-state index in [-0.39, 0.29) is 6.79 Å². The summed E-state index contributed by atoms with van der Waals surface area (Å²) < 4.78 is 23.7. The van der Waals surface area contributed by atoms with Crippen LogP contribution in [0.4, 0.5) is 5.82 Å². The largest absolute Gasteiger partial charge is 0.493 e. The maximum atomic E-state index is 5.53. The normalized spacial score (nSPS) is 12.1. The van der Waals surface area contributed by atoms with Crippen LogP contribution in [0.3, 0.4) is 0 Å². The molecule has 0 spiro atoms. The van der Waals surface area contributed by atoms with Crippen molar-refractivity contribution in [1.29, 1.82) is 0 Å². The van der Waals surface area contributed by atoms with Gasteiger partial charge in [0.15, 0.2) is 28.6 Å². The van der Waals surface area contributed by atoms with Crippen molar-refractivity contribution in [2.75, 3.05) is 26.3 Å². The van der Waals surface area contributed by atoms with Gasteiger partial charge in [0, 0.05) is 29.8 Å². The van der Waals surface area contributed by atoms with Gasteiger partial charge < -0.3 is 24.3 Å². The highest BCUT2D eigenvalue weighted by atomic mass is 16.7. The summed E-state index contributed by atoms with van der Waals surface area (Å²) in [6, 6.07) is 25.8. The summed E-state index contributed by atoms with van der Waals surface area (Å²) in [5, 5.41) is 8.40. The zero-order valence-electron chi connectivity index (χ0n) is 19.9. The Hall–Kier alpha value is -4.72. The monoisotopic (exact) mass is 480 g/mol. The van der Waals surface area contributed by atoms with E-state index in [0.29, 0.717) is 18.0 Å². The van der Waals surface area contributed by atoms with Crippen molar-refractivity contribution in [3.8, 4) is 45.5 Å². The van der Waals surface area contributed by atoms with E-state index in [9.17, 15) is 0 Å². The molecule has 36 heavy (non-hydrogen) atoms. The van der Waals surface area contributed by atoms with Gasteiger partial charge in [-0.3, -0.25) is 0 Å². The molecule has 0 unspecified atom stereocenters. The summed E-state index contributed by atoms with van der Waals surface area (Å²) in [5.41, 5.74) is 5.36. The number of methoxy groups -OCH3 is 2. The lowest BCUT2D eigenvalue weighted by Crippen LogP contribution is -2.07. The summed E-state index contributed by atoms with van der Waals surface area (Å²) >= 11 is 0. The first-order valence-corrected chi connectivity index (χ1v) is 11.5. The van der Waals surface area contributed by atoms with Crippen molar-refractivity contribution in [1.82, 2.24) is 14.6 Å². The fraction of sp³-hybridized carbons (Fsp3) is 0.143. The van der Waals surface area contributed by atoms with Crippen LogP contribution >= 0.6 is 0 Å². The minimum atomic E-state index is 0.254. The van der Waals surface area contributed by atoms with Gasteiger partial charge >= 0.3 is 0 Å². The summed E-state index contributed by atoms with van der Waals surface area (Å²) in [6.07, 6.45) is 0. The van der Waals surface area contributed by atoms with Crippen molar-refractivity contribution < 1.29 is 18.9 Å². The van der Waals surface area contributed by atoms with Gasteiger partial charge in [-0.15, -0.1) is 0 Å². The van der Waals surface area contributed by atoms with E-state index in [2.05, 4.69) is 5.32 Å². The first-order chi connectivity index (χ1) is 17.7. The molecule has 0 amide bonds. The first kappa shape index (κ1) is 21.8. The van der Waals surface area contributed by atoms with E-state index >= 15 is 0 Å². The Morgan fingerprint density at radius 3 is 2.47 bits per heavy atom. The number of ether oxygens (including phenoxy) is 4.